The summed E-state index contributed by atoms with van der Waals surface area (Å²) in [6.07, 6.45) is 8.35. The van der Waals surface area contributed by atoms with E-state index in [0.29, 0.717) is 12.3 Å². The number of rotatable bonds is 6. The summed E-state index contributed by atoms with van der Waals surface area (Å²) in [6.45, 7) is 2.42. The number of benzene rings is 2. The zero-order chi connectivity index (χ0) is 23.4. The number of methoxy groups -OCH3 is 1. The molecule has 1 aliphatic heterocycles. The Labute approximate surface area is 201 Å². The van der Waals surface area contributed by atoms with E-state index in [1.165, 1.54) is 11.1 Å². The Morgan fingerprint density at radius 3 is 2.73 bits per heavy atom. The summed E-state index contributed by atoms with van der Waals surface area (Å²) < 4.78 is 8.37. The number of aryl methyl sites for hydroxylation is 1. The zero-order valence-corrected chi connectivity index (χ0v) is 20.1. The predicted octanol–water partition coefficient (Wildman–Crippen LogP) is 4.40. The smallest absolute Gasteiger partial charge is 0.262 e. The van der Waals surface area contributed by atoms with Gasteiger partial charge in [-0.25, -0.2) is 4.98 Å². The number of nitrogens with zero attached hydrogens (tertiary/aromatic N) is 3. The fourth-order valence-corrected chi connectivity index (χ4v) is 4.16. The number of piperidine rings is 1. The molecule has 8 heteroatoms. The lowest BCUT2D eigenvalue weighted by Gasteiger charge is -2.32. The molecule has 170 valence electrons. The second-order valence-electron chi connectivity index (χ2n) is 7.90. The normalized spacial score (nSPS) is 16.3. The average molecular weight is 509 g/mol. The van der Waals surface area contributed by atoms with Crippen LogP contribution in [0.25, 0.3) is 11.8 Å². The molecule has 1 N–H and O–H groups in total. The first-order valence-corrected chi connectivity index (χ1v) is 11.5. The van der Waals surface area contributed by atoms with Crippen molar-refractivity contribution < 1.29 is 14.3 Å². The lowest BCUT2D eigenvalue weighted by atomic mass is 9.90. The van der Waals surface area contributed by atoms with E-state index in [2.05, 4.69) is 26.3 Å². The number of aromatic nitrogens is 2. The number of carbonyl (C=O) groups is 2. The van der Waals surface area contributed by atoms with Crippen molar-refractivity contribution in [2.75, 3.05) is 13.7 Å². The number of nitrogens with one attached hydrogen (secondary N) is 1. The molecular formula is C25H25BrN4O3. The third-order valence-electron chi connectivity index (χ3n) is 5.58. The summed E-state index contributed by atoms with van der Waals surface area (Å²) in [5.74, 6) is -0.0293. The first kappa shape index (κ1) is 22.8. The molecule has 2 amide bonds. The fraction of sp³-hybridized carbons (Fsp3) is 0.240. The Balaban J connectivity index is 1.42. The van der Waals surface area contributed by atoms with E-state index in [1.54, 1.807) is 19.5 Å². The van der Waals surface area contributed by atoms with Gasteiger partial charge in [0.2, 0.25) is 5.91 Å². The molecule has 1 fully saturated rings. The molecule has 33 heavy (non-hydrogen) atoms. The molecule has 3 aromatic rings. The highest BCUT2D eigenvalue weighted by molar-refractivity contribution is 9.10. The van der Waals surface area contributed by atoms with Gasteiger partial charge in [0.15, 0.2) is 0 Å². The van der Waals surface area contributed by atoms with Crippen LogP contribution in [0.1, 0.15) is 35.6 Å². The van der Waals surface area contributed by atoms with Crippen LogP contribution in [0, 0.1) is 6.92 Å². The Hall–Kier alpha value is -3.39. The Kier molecular flexibility index (Phi) is 6.93. The molecule has 2 heterocycles. The molecule has 1 aliphatic rings. The molecule has 1 aromatic heterocycles. The van der Waals surface area contributed by atoms with Crippen LogP contribution in [0.15, 0.2) is 65.5 Å². The maximum absolute atomic E-state index is 12.9. The second kappa shape index (κ2) is 10.0. The molecule has 0 bridgehead atoms. The third kappa shape index (κ3) is 5.34. The molecule has 7 nitrogen and oxygen atoms in total. The van der Waals surface area contributed by atoms with E-state index in [4.69, 9.17) is 4.74 Å². The summed E-state index contributed by atoms with van der Waals surface area (Å²) in [4.78, 5) is 29.7. The fourth-order valence-electron chi connectivity index (χ4n) is 3.90. The Morgan fingerprint density at radius 2 is 2.03 bits per heavy atom. The number of carbonyl (C=O) groups excluding carboxylic acids is 2. The summed E-state index contributed by atoms with van der Waals surface area (Å²) in [7, 11) is 1.60. The SMILES string of the molecule is COc1cc(/C=C/C(=O)NN2CCCC(c3ccc(Br)cc3)C2=O)ccc1-n1cnc(C)c1. The molecule has 1 unspecified atom stereocenters. The molecular weight excluding hydrogens is 484 g/mol. The van der Waals surface area contributed by atoms with Crippen LogP contribution in [0.2, 0.25) is 0 Å². The average Bonchev–Trinajstić information content (AvgIpc) is 3.25. The quantitative estimate of drug-likeness (QED) is 0.500. The topological polar surface area (TPSA) is 76.5 Å². The van der Waals surface area contributed by atoms with Crippen molar-refractivity contribution in [3.8, 4) is 11.4 Å². The summed E-state index contributed by atoms with van der Waals surface area (Å²) in [5.41, 5.74) is 6.25. The van der Waals surface area contributed by atoms with E-state index in [0.717, 1.165) is 39.8 Å². The minimum atomic E-state index is -0.354. The van der Waals surface area contributed by atoms with Crippen LogP contribution in [0.5, 0.6) is 5.75 Å². The predicted molar refractivity (Wildman–Crippen MR) is 130 cm³/mol. The monoisotopic (exact) mass is 508 g/mol. The third-order valence-corrected chi connectivity index (χ3v) is 6.11. The van der Waals surface area contributed by atoms with Gasteiger partial charge >= 0.3 is 0 Å². The van der Waals surface area contributed by atoms with Gasteiger partial charge in [0.1, 0.15) is 5.75 Å². The number of hydrogen-bond donors (Lipinski definition) is 1. The molecule has 1 atom stereocenters. The molecule has 0 saturated carbocycles. The highest BCUT2D eigenvalue weighted by Gasteiger charge is 2.30. The van der Waals surface area contributed by atoms with Gasteiger partial charge < -0.3 is 9.30 Å². The highest BCUT2D eigenvalue weighted by atomic mass is 79.9. The van der Waals surface area contributed by atoms with Gasteiger partial charge in [-0.1, -0.05) is 34.1 Å². The van der Waals surface area contributed by atoms with Gasteiger partial charge in [-0.2, -0.15) is 0 Å². The Morgan fingerprint density at radius 1 is 1.24 bits per heavy atom. The number of ether oxygens (including phenoxy) is 1. The summed E-state index contributed by atoms with van der Waals surface area (Å²) in [6, 6.07) is 13.4. The van der Waals surface area contributed by atoms with Crippen molar-refractivity contribution in [1.82, 2.24) is 20.0 Å². The van der Waals surface area contributed by atoms with Crippen LogP contribution >= 0.6 is 15.9 Å². The largest absolute Gasteiger partial charge is 0.495 e. The Bertz CT molecular complexity index is 1190. The van der Waals surface area contributed by atoms with E-state index in [-0.39, 0.29) is 17.7 Å². The second-order valence-corrected chi connectivity index (χ2v) is 8.81. The molecule has 0 aliphatic carbocycles. The van der Waals surface area contributed by atoms with Gasteiger partial charge in [0.25, 0.3) is 5.91 Å². The van der Waals surface area contributed by atoms with Crippen molar-refractivity contribution in [2.24, 2.45) is 0 Å². The van der Waals surface area contributed by atoms with Gasteiger partial charge in [-0.3, -0.25) is 20.0 Å². The van der Waals surface area contributed by atoms with Crippen molar-refractivity contribution in [2.45, 2.75) is 25.7 Å². The van der Waals surface area contributed by atoms with E-state index in [9.17, 15) is 9.59 Å². The molecule has 4 rings (SSSR count). The minimum Gasteiger partial charge on any atom is -0.495 e. The van der Waals surface area contributed by atoms with Crippen LogP contribution in [0.4, 0.5) is 0 Å². The first-order chi connectivity index (χ1) is 15.9. The molecule has 0 spiro atoms. The van der Waals surface area contributed by atoms with Crippen molar-refractivity contribution >= 4 is 33.8 Å². The van der Waals surface area contributed by atoms with Crippen molar-refractivity contribution in [1.29, 1.82) is 0 Å². The number of halogens is 1. The molecule has 2 aromatic carbocycles. The maximum Gasteiger partial charge on any atom is 0.262 e. The van der Waals surface area contributed by atoms with Gasteiger partial charge in [-0.15, -0.1) is 0 Å². The summed E-state index contributed by atoms with van der Waals surface area (Å²) >= 11 is 3.42. The maximum atomic E-state index is 12.9. The standard InChI is InChI=1S/C25H25BrN4O3/c1-17-15-29(16-27-17)22-11-5-18(14-23(22)33-2)6-12-24(31)28-30-13-3-4-21(25(30)32)19-7-9-20(26)10-8-19/h5-12,14-16,21H,3-4,13H2,1-2H3,(H,28,31)/b12-6+. The lowest BCUT2D eigenvalue weighted by Crippen LogP contribution is -2.50. The zero-order valence-electron chi connectivity index (χ0n) is 18.5. The minimum absolute atomic E-state index is 0.0908. The highest BCUT2D eigenvalue weighted by Crippen LogP contribution is 2.28. The van der Waals surface area contributed by atoms with E-state index < -0.39 is 0 Å². The van der Waals surface area contributed by atoms with Crippen LogP contribution in [-0.4, -0.2) is 40.0 Å². The summed E-state index contributed by atoms with van der Waals surface area (Å²) in [5, 5.41) is 1.42. The molecule has 0 radical (unpaired) electrons. The van der Waals surface area contributed by atoms with Crippen molar-refractivity contribution in [3.63, 3.8) is 0 Å². The molecule has 1 saturated heterocycles. The number of amides is 2. The van der Waals surface area contributed by atoms with Crippen molar-refractivity contribution in [3.05, 3.63) is 82.4 Å². The van der Waals surface area contributed by atoms with Crippen LogP contribution < -0.4 is 10.2 Å². The van der Waals surface area contributed by atoms with Crippen LogP contribution in [-0.2, 0) is 9.59 Å². The van der Waals surface area contributed by atoms with E-state index >= 15 is 0 Å². The van der Waals surface area contributed by atoms with Gasteiger partial charge in [0, 0.05) is 23.3 Å². The van der Waals surface area contributed by atoms with E-state index in [1.807, 2.05) is 60.2 Å². The van der Waals surface area contributed by atoms with Gasteiger partial charge in [0.05, 0.1) is 30.7 Å². The lowest BCUT2D eigenvalue weighted by molar-refractivity contribution is -0.143. The van der Waals surface area contributed by atoms with Gasteiger partial charge in [-0.05, 0) is 61.2 Å². The first-order valence-electron chi connectivity index (χ1n) is 10.7. The van der Waals surface area contributed by atoms with Crippen LogP contribution in [0.3, 0.4) is 0 Å². The number of imidazole rings is 1. The number of hydrogen-bond acceptors (Lipinski definition) is 4. The number of hydrazine groups is 1.